The standard InChI is InChI=1S/C13H20N2O2.ClH/c1-13(4-2-3-5-13)9-15-12(16)10-6-11(7-14)17-8-10;/h6,8H,2-5,7,9,14H2,1H3,(H,15,16);1H. The second-order valence-corrected chi connectivity index (χ2v) is 5.21. The Balaban J connectivity index is 0.00000162. The fourth-order valence-corrected chi connectivity index (χ4v) is 2.41. The minimum atomic E-state index is -0.0680. The van der Waals surface area contributed by atoms with Gasteiger partial charge in [0.25, 0.3) is 5.91 Å². The van der Waals surface area contributed by atoms with Gasteiger partial charge in [0.15, 0.2) is 0 Å². The second-order valence-electron chi connectivity index (χ2n) is 5.21. The molecule has 0 unspecified atom stereocenters. The molecule has 0 atom stereocenters. The number of hydrogen-bond donors (Lipinski definition) is 2. The number of nitrogens with one attached hydrogen (secondary N) is 1. The van der Waals surface area contributed by atoms with Crippen molar-refractivity contribution in [2.75, 3.05) is 6.54 Å². The van der Waals surface area contributed by atoms with Gasteiger partial charge < -0.3 is 15.5 Å². The number of halogens is 1. The molecule has 1 aliphatic carbocycles. The van der Waals surface area contributed by atoms with Crippen molar-refractivity contribution in [3.63, 3.8) is 0 Å². The summed E-state index contributed by atoms with van der Waals surface area (Å²) in [4.78, 5) is 11.9. The number of rotatable bonds is 4. The summed E-state index contributed by atoms with van der Waals surface area (Å²) in [5, 5.41) is 2.98. The summed E-state index contributed by atoms with van der Waals surface area (Å²) >= 11 is 0. The lowest BCUT2D eigenvalue weighted by atomic mass is 9.89. The fourth-order valence-electron chi connectivity index (χ4n) is 2.41. The smallest absolute Gasteiger partial charge is 0.254 e. The minimum absolute atomic E-state index is 0. The van der Waals surface area contributed by atoms with Gasteiger partial charge >= 0.3 is 0 Å². The Morgan fingerprint density at radius 2 is 2.17 bits per heavy atom. The van der Waals surface area contributed by atoms with Crippen LogP contribution in [0.5, 0.6) is 0 Å². The average Bonchev–Trinajstić information content (AvgIpc) is 2.95. The first-order valence-electron chi connectivity index (χ1n) is 6.19. The van der Waals surface area contributed by atoms with Crippen molar-refractivity contribution in [2.24, 2.45) is 11.1 Å². The molecule has 1 amide bonds. The van der Waals surface area contributed by atoms with E-state index in [0.717, 1.165) is 6.54 Å². The Labute approximate surface area is 114 Å². The maximum Gasteiger partial charge on any atom is 0.254 e. The van der Waals surface area contributed by atoms with Crippen molar-refractivity contribution >= 4 is 18.3 Å². The molecule has 1 aromatic heterocycles. The SMILES string of the molecule is CC1(CNC(=O)c2coc(CN)c2)CCCC1.Cl. The maximum atomic E-state index is 11.9. The third-order valence-corrected chi connectivity index (χ3v) is 3.60. The van der Waals surface area contributed by atoms with Gasteiger partial charge in [-0.15, -0.1) is 12.4 Å². The monoisotopic (exact) mass is 272 g/mol. The molecule has 1 heterocycles. The van der Waals surface area contributed by atoms with E-state index in [9.17, 15) is 4.79 Å². The van der Waals surface area contributed by atoms with E-state index in [2.05, 4.69) is 12.2 Å². The molecular weight excluding hydrogens is 252 g/mol. The van der Waals surface area contributed by atoms with Gasteiger partial charge in [-0.05, 0) is 24.3 Å². The van der Waals surface area contributed by atoms with E-state index in [-0.39, 0.29) is 23.7 Å². The lowest BCUT2D eigenvalue weighted by Gasteiger charge is -2.23. The van der Waals surface area contributed by atoms with Crippen molar-refractivity contribution in [1.82, 2.24) is 5.32 Å². The first-order valence-corrected chi connectivity index (χ1v) is 6.19. The molecule has 18 heavy (non-hydrogen) atoms. The molecule has 3 N–H and O–H groups in total. The number of nitrogens with two attached hydrogens (primary N) is 1. The fraction of sp³-hybridized carbons (Fsp3) is 0.615. The van der Waals surface area contributed by atoms with Gasteiger partial charge in [-0.25, -0.2) is 0 Å². The van der Waals surface area contributed by atoms with Gasteiger partial charge in [0, 0.05) is 6.54 Å². The largest absolute Gasteiger partial charge is 0.467 e. The summed E-state index contributed by atoms with van der Waals surface area (Å²) in [6, 6.07) is 1.70. The van der Waals surface area contributed by atoms with Crippen LogP contribution in [0.3, 0.4) is 0 Å². The van der Waals surface area contributed by atoms with Gasteiger partial charge in [-0.3, -0.25) is 4.79 Å². The predicted molar refractivity (Wildman–Crippen MR) is 72.8 cm³/mol. The molecule has 1 aliphatic rings. The Kier molecular flexibility index (Phi) is 5.23. The van der Waals surface area contributed by atoms with Crippen LogP contribution in [0.4, 0.5) is 0 Å². The topological polar surface area (TPSA) is 68.3 Å². The normalized spacial score (nSPS) is 17.2. The highest BCUT2D eigenvalue weighted by Crippen LogP contribution is 2.36. The highest BCUT2D eigenvalue weighted by Gasteiger charge is 2.29. The zero-order valence-corrected chi connectivity index (χ0v) is 11.5. The zero-order chi connectivity index (χ0) is 12.3. The van der Waals surface area contributed by atoms with Gasteiger partial charge in [0.05, 0.1) is 12.1 Å². The van der Waals surface area contributed by atoms with Crippen LogP contribution in [0.1, 0.15) is 48.7 Å². The van der Waals surface area contributed by atoms with Crippen LogP contribution in [-0.2, 0) is 6.54 Å². The number of carbonyl (C=O) groups excluding carboxylic acids is 1. The van der Waals surface area contributed by atoms with E-state index in [4.69, 9.17) is 10.2 Å². The lowest BCUT2D eigenvalue weighted by Crippen LogP contribution is -2.33. The number of furan rings is 1. The summed E-state index contributed by atoms with van der Waals surface area (Å²) < 4.78 is 5.15. The molecule has 0 saturated heterocycles. The van der Waals surface area contributed by atoms with E-state index >= 15 is 0 Å². The maximum absolute atomic E-state index is 11.9. The van der Waals surface area contributed by atoms with Crippen LogP contribution in [0.2, 0.25) is 0 Å². The summed E-state index contributed by atoms with van der Waals surface area (Å²) in [5.74, 6) is 0.573. The van der Waals surface area contributed by atoms with Crippen LogP contribution in [0.15, 0.2) is 16.7 Å². The van der Waals surface area contributed by atoms with Crippen LogP contribution >= 0.6 is 12.4 Å². The molecule has 1 aromatic rings. The Morgan fingerprint density at radius 3 is 2.72 bits per heavy atom. The van der Waals surface area contributed by atoms with E-state index in [1.165, 1.54) is 31.9 Å². The highest BCUT2D eigenvalue weighted by molar-refractivity contribution is 5.93. The van der Waals surface area contributed by atoms with Gasteiger partial charge in [0.2, 0.25) is 0 Å². The number of amides is 1. The third kappa shape index (κ3) is 3.50. The Bertz CT molecular complexity index is 397. The lowest BCUT2D eigenvalue weighted by molar-refractivity contribution is 0.0933. The molecule has 2 rings (SSSR count). The second kappa shape index (κ2) is 6.25. The molecule has 102 valence electrons. The molecule has 0 aliphatic heterocycles. The zero-order valence-electron chi connectivity index (χ0n) is 10.7. The van der Waals surface area contributed by atoms with E-state index in [1.807, 2.05) is 0 Å². The molecule has 4 nitrogen and oxygen atoms in total. The van der Waals surface area contributed by atoms with E-state index < -0.39 is 0 Å². The summed E-state index contributed by atoms with van der Waals surface area (Å²) in [5.41, 5.74) is 6.27. The Hall–Kier alpha value is -1.00. The van der Waals surface area contributed by atoms with Crippen molar-refractivity contribution in [3.05, 3.63) is 23.7 Å². The molecule has 0 radical (unpaired) electrons. The molecular formula is C13H21ClN2O2. The minimum Gasteiger partial charge on any atom is -0.467 e. The molecule has 1 fully saturated rings. The highest BCUT2D eigenvalue weighted by atomic mass is 35.5. The number of carbonyl (C=O) groups is 1. The van der Waals surface area contributed by atoms with Gasteiger partial charge in [0.1, 0.15) is 12.0 Å². The number of hydrogen-bond acceptors (Lipinski definition) is 3. The van der Waals surface area contributed by atoms with E-state index in [1.54, 1.807) is 6.07 Å². The summed E-state index contributed by atoms with van der Waals surface area (Å²) in [6.45, 7) is 3.31. The summed E-state index contributed by atoms with van der Waals surface area (Å²) in [6.07, 6.45) is 6.42. The van der Waals surface area contributed by atoms with Crippen molar-refractivity contribution in [2.45, 2.75) is 39.2 Å². The molecule has 0 aromatic carbocycles. The first-order chi connectivity index (χ1) is 8.13. The van der Waals surface area contributed by atoms with Gasteiger partial charge in [-0.1, -0.05) is 19.8 Å². The van der Waals surface area contributed by atoms with Crippen molar-refractivity contribution in [1.29, 1.82) is 0 Å². The molecule has 0 bridgehead atoms. The van der Waals surface area contributed by atoms with E-state index in [0.29, 0.717) is 17.9 Å². The van der Waals surface area contributed by atoms with Crippen LogP contribution in [-0.4, -0.2) is 12.5 Å². The van der Waals surface area contributed by atoms with Gasteiger partial charge in [-0.2, -0.15) is 0 Å². The van der Waals surface area contributed by atoms with Crippen LogP contribution < -0.4 is 11.1 Å². The van der Waals surface area contributed by atoms with Crippen molar-refractivity contribution in [3.8, 4) is 0 Å². The molecule has 5 heteroatoms. The van der Waals surface area contributed by atoms with Crippen LogP contribution in [0, 0.1) is 5.41 Å². The predicted octanol–water partition coefficient (Wildman–Crippen LogP) is 2.47. The Morgan fingerprint density at radius 1 is 1.50 bits per heavy atom. The average molecular weight is 273 g/mol. The molecule has 0 spiro atoms. The third-order valence-electron chi connectivity index (χ3n) is 3.60. The van der Waals surface area contributed by atoms with Crippen molar-refractivity contribution < 1.29 is 9.21 Å². The quantitative estimate of drug-likeness (QED) is 0.885. The molecule has 1 saturated carbocycles. The summed E-state index contributed by atoms with van der Waals surface area (Å²) in [7, 11) is 0. The van der Waals surface area contributed by atoms with Crippen LogP contribution in [0.25, 0.3) is 0 Å². The first kappa shape index (κ1) is 15.1.